The van der Waals surface area contributed by atoms with E-state index in [1.54, 1.807) is 17.2 Å². The van der Waals surface area contributed by atoms with Gasteiger partial charge in [0.15, 0.2) is 0 Å². The molecule has 0 aromatic carbocycles. The second-order valence-electron chi connectivity index (χ2n) is 4.58. The van der Waals surface area contributed by atoms with Crippen LogP contribution in [0, 0.1) is 0 Å². The molecular formula is C14H11Cl2N3O. The molecule has 3 heterocycles. The predicted molar refractivity (Wildman–Crippen MR) is 76.9 cm³/mol. The summed E-state index contributed by atoms with van der Waals surface area (Å²) in [6.45, 7) is 1.20. The number of fused-ring (bicyclic) bond motifs is 1. The van der Waals surface area contributed by atoms with Gasteiger partial charge in [0.25, 0.3) is 5.91 Å². The smallest absolute Gasteiger partial charge is 0.255 e. The fourth-order valence-corrected chi connectivity index (χ4v) is 2.53. The number of nitrogens with zero attached hydrogens (tertiary/aromatic N) is 3. The van der Waals surface area contributed by atoms with Crippen molar-refractivity contribution in [2.45, 2.75) is 13.0 Å². The van der Waals surface area contributed by atoms with E-state index in [2.05, 4.69) is 9.97 Å². The molecule has 0 aliphatic carbocycles. The van der Waals surface area contributed by atoms with Crippen LogP contribution in [-0.2, 0) is 13.0 Å². The fraction of sp³-hybridized carbons (Fsp3) is 0.214. The van der Waals surface area contributed by atoms with Crippen LogP contribution in [0.15, 0.2) is 30.6 Å². The normalized spacial score (nSPS) is 14.0. The summed E-state index contributed by atoms with van der Waals surface area (Å²) in [6, 6.07) is 5.43. The van der Waals surface area contributed by atoms with Gasteiger partial charge in [-0.15, -0.1) is 0 Å². The number of hydrogen-bond donors (Lipinski definition) is 0. The Morgan fingerprint density at radius 3 is 2.95 bits per heavy atom. The quantitative estimate of drug-likeness (QED) is 0.761. The lowest BCUT2D eigenvalue weighted by atomic mass is 10.1. The van der Waals surface area contributed by atoms with Gasteiger partial charge < -0.3 is 4.90 Å². The van der Waals surface area contributed by atoms with Crippen molar-refractivity contribution in [1.29, 1.82) is 0 Å². The minimum atomic E-state index is -0.0921. The Balaban J connectivity index is 1.84. The van der Waals surface area contributed by atoms with E-state index in [0.29, 0.717) is 18.7 Å². The van der Waals surface area contributed by atoms with E-state index in [1.165, 1.54) is 6.20 Å². The molecule has 2 aromatic rings. The zero-order chi connectivity index (χ0) is 14.1. The van der Waals surface area contributed by atoms with Crippen LogP contribution in [0.4, 0.5) is 0 Å². The molecule has 4 nitrogen and oxygen atoms in total. The van der Waals surface area contributed by atoms with Crippen molar-refractivity contribution in [2.24, 2.45) is 0 Å². The Kier molecular flexibility index (Phi) is 3.59. The Labute approximate surface area is 126 Å². The molecule has 0 fully saturated rings. The van der Waals surface area contributed by atoms with E-state index in [-0.39, 0.29) is 16.1 Å². The summed E-state index contributed by atoms with van der Waals surface area (Å²) in [4.78, 5) is 22.4. The topological polar surface area (TPSA) is 46.1 Å². The number of carbonyl (C=O) groups excluding carboxylic acids is 1. The standard InChI is InChI=1S/C14H11Cl2N3O/c15-11-6-10(7-18-13(11)16)14(20)19-5-3-12-9(8-19)2-1-4-17-12/h1-2,4,6-7H,3,5,8H2. The number of aromatic nitrogens is 2. The lowest BCUT2D eigenvalue weighted by Gasteiger charge is -2.28. The first-order valence-electron chi connectivity index (χ1n) is 6.18. The third-order valence-corrected chi connectivity index (χ3v) is 3.98. The average Bonchev–Trinajstić information content (AvgIpc) is 2.49. The van der Waals surface area contributed by atoms with Crippen molar-refractivity contribution in [3.63, 3.8) is 0 Å². The lowest BCUT2D eigenvalue weighted by Crippen LogP contribution is -2.36. The highest BCUT2D eigenvalue weighted by Gasteiger charge is 2.22. The predicted octanol–water partition coefficient (Wildman–Crippen LogP) is 2.98. The fourth-order valence-electron chi connectivity index (χ4n) is 2.26. The van der Waals surface area contributed by atoms with Gasteiger partial charge in [-0.3, -0.25) is 9.78 Å². The van der Waals surface area contributed by atoms with Crippen molar-refractivity contribution in [3.05, 3.63) is 57.6 Å². The summed E-state index contributed by atoms with van der Waals surface area (Å²) in [7, 11) is 0. The first-order valence-corrected chi connectivity index (χ1v) is 6.94. The van der Waals surface area contributed by atoms with Gasteiger partial charge in [-0.25, -0.2) is 4.98 Å². The van der Waals surface area contributed by atoms with E-state index in [1.807, 2.05) is 12.1 Å². The maximum absolute atomic E-state index is 12.4. The van der Waals surface area contributed by atoms with Gasteiger partial charge >= 0.3 is 0 Å². The van der Waals surface area contributed by atoms with Gasteiger partial charge in [-0.05, 0) is 17.7 Å². The van der Waals surface area contributed by atoms with Gasteiger partial charge in [0, 0.05) is 37.6 Å². The Bertz CT molecular complexity index is 675. The molecule has 0 saturated carbocycles. The molecule has 0 unspecified atom stereocenters. The van der Waals surface area contributed by atoms with Crippen molar-refractivity contribution >= 4 is 29.1 Å². The molecule has 0 spiro atoms. The molecule has 0 saturated heterocycles. The van der Waals surface area contributed by atoms with Gasteiger partial charge in [0.05, 0.1) is 10.6 Å². The van der Waals surface area contributed by atoms with Crippen LogP contribution in [0.3, 0.4) is 0 Å². The van der Waals surface area contributed by atoms with Crippen LogP contribution in [0.1, 0.15) is 21.6 Å². The monoisotopic (exact) mass is 307 g/mol. The molecule has 2 aromatic heterocycles. The second-order valence-corrected chi connectivity index (χ2v) is 5.35. The molecule has 1 amide bonds. The largest absolute Gasteiger partial charge is 0.334 e. The van der Waals surface area contributed by atoms with Crippen molar-refractivity contribution in [1.82, 2.24) is 14.9 Å². The van der Waals surface area contributed by atoms with Crippen LogP contribution in [-0.4, -0.2) is 27.3 Å². The Hall–Kier alpha value is -1.65. The number of hydrogen-bond acceptors (Lipinski definition) is 3. The lowest BCUT2D eigenvalue weighted by molar-refractivity contribution is 0.0733. The third-order valence-electron chi connectivity index (χ3n) is 3.29. The minimum absolute atomic E-state index is 0.0921. The molecule has 0 atom stereocenters. The molecule has 0 bridgehead atoms. The molecule has 1 aliphatic rings. The van der Waals surface area contributed by atoms with Gasteiger partial charge in [0.2, 0.25) is 0 Å². The van der Waals surface area contributed by atoms with Crippen LogP contribution in [0.2, 0.25) is 10.2 Å². The number of amides is 1. The van der Waals surface area contributed by atoms with Crippen molar-refractivity contribution in [3.8, 4) is 0 Å². The van der Waals surface area contributed by atoms with E-state index in [0.717, 1.165) is 17.7 Å². The summed E-state index contributed by atoms with van der Waals surface area (Å²) >= 11 is 11.7. The first-order chi connectivity index (χ1) is 9.65. The molecule has 3 rings (SSSR count). The van der Waals surface area contributed by atoms with Gasteiger partial charge in [-0.2, -0.15) is 0 Å². The molecular weight excluding hydrogens is 297 g/mol. The zero-order valence-corrected chi connectivity index (χ0v) is 12.0. The van der Waals surface area contributed by atoms with E-state index in [4.69, 9.17) is 23.2 Å². The first kappa shape index (κ1) is 13.3. The van der Waals surface area contributed by atoms with Gasteiger partial charge in [0.1, 0.15) is 5.15 Å². The molecule has 6 heteroatoms. The van der Waals surface area contributed by atoms with Crippen LogP contribution < -0.4 is 0 Å². The maximum atomic E-state index is 12.4. The summed E-state index contributed by atoms with van der Waals surface area (Å²) in [6.07, 6.45) is 3.99. The SMILES string of the molecule is O=C(c1cnc(Cl)c(Cl)c1)N1CCc2ncccc2C1. The number of halogens is 2. The van der Waals surface area contributed by atoms with E-state index >= 15 is 0 Å². The molecule has 1 aliphatic heterocycles. The number of carbonyl (C=O) groups is 1. The molecule has 102 valence electrons. The zero-order valence-electron chi connectivity index (χ0n) is 10.5. The molecule has 0 radical (unpaired) electrons. The summed E-state index contributed by atoms with van der Waals surface area (Å²) in [5.74, 6) is -0.0921. The average molecular weight is 308 g/mol. The molecule has 20 heavy (non-hydrogen) atoms. The molecule has 0 N–H and O–H groups in total. The Morgan fingerprint density at radius 1 is 1.30 bits per heavy atom. The summed E-state index contributed by atoms with van der Waals surface area (Å²) < 4.78 is 0. The van der Waals surface area contributed by atoms with Gasteiger partial charge in [-0.1, -0.05) is 29.3 Å². The number of pyridine rings is 2. The Morgan fingerprint density at radius 2 is 2.15 bits per heavy atom. The third kappa shape index (κ3) is 2.49. The summed E-state index contributed by atoms with van der Waals surface area (Å²) in [5, 5.41) is 0.494. The van der Waals surface area contributed by atoms with Crippen LogP contribution >= 0.6 is 23.2 Å². The van der Waals surface area contributed by atoms with E-state index in [9.17, 15) is 4.79 Å². The highest BCUT2D eigenvalue weighted by Crippen LogP contribution is 2.22. The highest BCUT2D eigenvalue weighted by molar-refractivity contribution is 6.41. The second kappa shape index (κ2) is 5.38. The maximum Gasteiger partial charge on any atom is 0.255 e. The van der Waals surface area contributed by atoms with Crippen LogP contribution in [0.5, 0.6) is 0 Å². The number of rotatable bonds is 1. The minimum Gasteiger partial charge on any atom is -0.334 e. The van der Waals surface area contributed by atoms with Crippen molar-refractivity contribution < 1.29 is 4.79 Å². The van der Waals surface area contributed by atoms with Crippen molar-refractivity contribution in [2.75, 3.05) is 6.54 Å². The van der Waals surface area contributed by atoms with Crippen LogP contribution in [0.25, 0.3) is 0 Å². The summed E-state index contributed by atoms with van der Waals surface area (Å²) in [5.41, 5.74) is 2.59. The highest BCUT2D eigenvalue weighted by atomic mass is 35.5. The van der Waals surface area contributed by atoms with E-state index < -0.39 is 0 Å².